The minimum Gasteiger partial charge on any atom is -0.377 e. The highest BCUT2D eigenvalue weighted by Gasteiger charge is 2.85. The van der Waals surface area contributed by atoms with Crippen LogP contribution in [0.15, 0.2) is 0 Å². The first-order valence-electron chi connectivity index (χ1n) is 10.8. The molecule has 0 aromatic rings. The van der Waals surface area contributed by atoms with Crippen LogP contribution < -0.4 is 0 Å². The van der Waals surface area contributed by atoms with Crippen LogP contribution in [-0.4, -0.2) is 70.3 Å². The first kappa shape index (κ1) is 26.4. The summed E-state index contributed by atoms with van der Waals surface area (Å²) in [4.78, 5) is 0. The van der Waals surface area contributed by atoms with Crippen LogP contribution >= 0.6 is 0 Å². The molecule has 10 heteroatoms. The van der Waals surface area contributed by atoms with E-state index in [1.54, 1.807) is 0 Å². The van der Waals surface area contributed by atoms with Crippen molar-refractivity contribution in [1.82, 2.24) is 0 Å². The van der Waals surface area contributed by atoms with Gasteiger partial charge in [0.1, 0.15) is 6.63 Å². The SMILES string of the molecule is CCO[Si](OCC)(OCC)[Si]1(C)[Si](C)(C)[Si](C)(C)[Si](C)(C)[Si](C)(C)[Si]1(C)C. The van der Waals surface area contributed by atoms with Crippen molar-refractivity contribution < 1.29 is 13.3 Å². The summed E-state index contributed by atoms with van der Waals surface area (Å²) in [5.74, 6) is 0. The van der Waals surface area contributed by atoms with Crippen LogP contribution in [0.3, 0.4) is 0 Å². The molecule has 0 aromatic carbocycles. The normalized spacial score (nSPS) is 27.3. The van der Waals surface area contributed by atoms with Crippen molar-refractivity contribution in [3.8, 4) is 0 Å². The number of hydrogen-bond donors (Lipinski definition) is 0. The van der Waals surface area contributed by atoms with Crippen LogP contribution in [0.25, 0.3) is 0 Å². The second-order valence-corrected chi connectivity index (χ2v) is 91.9. The second-order valence-electron chi connectivity index (χ2n) is 11.1. The fourth-order valence-corrected chi connectivity index (χ4v) is 300. The summed E-state index contributed by atoms with van der Waals surface area (Å²) in [7, 11) is -9.79. The van der Waals surface area contributed by atoms with Crippen molar-refractivity contribution in [2.24, 2.45) is 0 Å². The van der Waals surface area contributed by atoms with Gasteiger partial charge in [0, 0.05) is 55.4 Å². The average Bonchev–Trinajstić information content (AvgIpc) is 2.52. The quantitative estimate of drug-likeness (QED) is 0.452. The molecule has 0 aromatic heterocycles. The summed E-state index contributed by atoms with van der Waals surface area (Å²) in [6.45, 7) is 37.4. The summed E-state index contributed by atoms with van der Waals surface area (Å²) >= 11 is 0. The van der Waals surface area contributed by atoms with Crippen molar-refractivity contribution >= 4 is 50.5 Å². The Balaban J connectivity index is 4.03. The first-order valence-corrected chi connectivity index (χ1v) is 37.1. The Morgan fingerprint density at radius 2 is 0.667 bits per heavy atom. The van der Waals surface area contributed by atoms with Gasteiger partial charge >= 0.3 is 8.32 Å². The smallest absolute Gasteiger partial charge is 0.377 e. The third-order valence-electron chi connectivity index (χ3n) is 10.4. The van der Waals surface area contributed by atoms with Crippen LogP contribution in [0.5, 0.6) is 0 Å². The number of rotatable bonds is 7. The minimum atomic E-state index is -2.68. The Hall–Kier alpha value is 1.40. The van der Waals surface area contributed by atoms with Crippen molar-refractivity contribution in [2.45, 2.75) is 92.8 Å². The molecule has 1 aliphatic rings. The van der Waals surface area contributed by atoms with E-state index in [1.165, 1.54) is 0 Å². The maximum Gasteiger partial charge on any atom is 0.463 e. The van der Waals surface area contributed by atoms with Gasteiger partial charge in [-0.25, -0.2) is 0 Å². The van der Waals surface area contributed by atoms with Crippen molar-refractivity contribution in [3.05, 3.63) is 0 Å². The highest BCUT2D eigenvalue weighted by molar-refractivity contribution is 8.19. The molecule has 0 amide bonds. The predicted molar refractivity (Wildman–Crippen MR) is 140 cm³/mol. The van der Waals surface area contributed by atoms with E-state index in [-0.39, 0.29) is 0 Å². The first-order chi connectivity index (χ1) is 11.9. The summed E-state index contributed by atoms with van der Waals surface area (Å²) in [6.07, 6.45) is 0. The highest BCUT2D eigenvalue weighted by Crippen LogP contribution is 2.54. The molecular weight excluding hydrogens is 449 g/mol. The molecule has 1 heterocycles. The molecule has 0 saturated carbocycles. The minimum absolute atomic E-state index is 0.731. The Morgan fingerprint density at radius 1 is 0.444 bits per heavy atom. The maximum absolute atomic E-state index is 6.76. The summed E-state index contributed by atoms with van der Waals surface area (Å²) in [6, 6.07) is 0. The Morgan fingerprint density at radius 3 is 0.889 bits per heavy atom. The van der Waals surface area contributed by atoms with E-state index in [0.29, 0.717) is 0 Å². The lowest BCUT2D eigenvalue weighted by Gasteiger charge is -2.74. The molecule has 0 bridgehead atoms. The second kappa shape index (κ2) is 7.82. The van der Waals surface area contributed by atoms with Crippen molar-refractivity contribution in [3.63, 3.8) is 0 Å². The Bertz CT molecular complexity index is 500. The van der Waals surface area contributed by atoms with E-state index >= 15 is 0 Å². The van der Waals surface area contributed by atoms with Gasteiger partial charge in [0.05, 0.1) is 0 Å². The Labute approximate surface area is 175 Å². The van der Waals surface area contributed by atoms with Crippen molar-refractivity contribution in [2.75, 3.05) is 19.8 Å². The molecule has 0 unspecified atom stereocenters. The van der Waals surface area contributed by atoms with Gasteiger partial charge in [0.15, 0.2) is 0 Å². The lowest BCUT2D eigenvalue weighted by molar-refractivity contribution is 0.0918. The highest BCUT2D eigenvalue weighted by atomic mass is 30.3. The van der Waals surface area contributed by atoms with E-state index < -0.39 is 50.5 Å². The van der Waals surface area contributed by atoms with Gasteiger partial charge in [0.2, 0.25) is 0 Å². The molecule has 1 fully saturated rings. The predicted octanol–water partition coefficient (Wildman–Crippen LogP) is 5.22. The largest absolute Gasteiger partial charge is 0.463 e. The van der Waals surface area contributed by atoms with Crippen LogP contribution in [0.1, 0.15) is 20.8 Å². The summed E-state index contributed by atoms with van der Waals surface area (Å²) in [5, 5.41) is 0. The standard InChI is InChI=1S/C17H48O3Si7/c1-15-18-27(19-16-2,20-17-3)26(14)24(10,11)22(6,7)21(4,5)23(8,9)25(26,12)13/h15-17H2,1-14H3. The molecule has 0 aliphatic carbocycles. The fraction of sp³-hybridized carbons (Fsp3) is 1.00. The lowest BCUT2D eigenvalue weighted by Crippen LogP contribution is -3.06. The molecular formula is C17H48O3Si7. The van der Waals surface area contributed by atoms with Gasteiger partial charge in [0.25, 0.3) is 0 Å². The molecule has 0 spiro atoms. The monoisotopic (exact) mass is 496 g/mol. The summed E-state index contributed by atoms with van der Waals surface area (Å²) < 4.78 is 20.3. The third-order valence-corrected chi connectivity index (χ3v) is 189. The van der Waals surface area contributed by atoms with Gasteiger partial charge in [-0.05, 0) is 20.8 Å². The molecule has 0 radical (unpaired) electrons. The Kier molecular flexibility index (Phi) is 7.66. The van der Waals surface area contributed by atoms with E-state index in [2.05, 4.69) is 92.8 Å². The fourth-order valence-electron chi connectivity index (χ4n) is 6.27. The van der Waals surface area contributed by atoms with Gasteiger partial charge < -0.3 is 13.3 Å². The van der Waals surface area contributed by atoms with Gasteiger partial charge in [-0.15, -0.1) is 0 Å². The lowest BCUT2D eigenvalue weighted by atomic mass is 10.9. The molecule has 0 atom stereocenters. The molecule has 27 heavy (non-hydrogen) atoms. The molecule has 0 N–H and O–H groups in total. The molecule has 162 valence electrons. The average molecular weight is 497 g/mol. The van der Waals surface area contributed by atoms with Gasteiger partial charge in [-0.1, -0.05) is 72.0 Å². The van der Waals surface area contributed by atoms with Crippen LogP contribution in [-0.2, 0) is 13.3 Å². The summed E-state index contributed by atoms with van der Waals surface area (Å²) in [5.41, 5.74) is 0. The molecule has 1 rings (SSSR count). The topological polar surface area (TPSA) is 27.7 Å². The van der Waals surface area contributed by atoms with Gasteiger partial charge in [-0.2, -0.15) is 0 Å². The van der Waals surface area contributed by atoms with E-state index in [4.69, 9.17) is 13.3 Å². The van der Waals surface area contributed by atoms with Crippen LogP contribution in [0.2, 0.25) is 72.0 Å². The van der Waals surface area contributed by atoms with E-state index in [9.17, 15) is 0 Å². The van der Waals surface area contributed by atoms with E-state index in [1.807, 2.05) is 0 Å². The van der Waals surface area contributed by atoms with Crippen LogP contribution in [0, 0.1) is 0 Å². The van der Waals surface area contributed by atoms with Gasteiger partial charge in [-0.3, -0.25) is 0 Å². The van der Waals surface area contributed by atoms with E-state index in [0.717, 1.165) is 19.8 Å². The van der Waals surface area contributed by atoms with Crippen molar-refractivity contribution in [1.29, 1.82) is 0 Å². The zero-order valence-electron chi connectivity index (χ0n) is 20.8. The zero-order chi connectivity index (χ0) is 21.7. The zero-order valence-corrected chi connectivity index (χ0v) is 27.8. The molecule has 3 nitrogen and oxygen atoms in total. The number of hydrogen-bond acceptors (Lipinski definition) is 3. The maximum atomic E-state index is 6.76. The molecule has 1 saturated heterocycles. The molecule has 1 aliphatic heterocycles. The van der Waals surface area contributed by atoms with Crippen LogP contribution in [0.4, 0.5) is 0 Å². The third kappa shape index (κ3) is 3.03.